The first-order valence-electron chi connectivity index (χ1n) is 8.58. The van der Waals surface area contributed by atoms with Crippen LogP contribution in [0.3, 0.4) is 0 Å². The Morgan fingerprint density at radius 3 is 2.13 bits per heavy atom. The Morgan fingerprint density at radius 2 is 1.58 bits per heavy atom. The highest BCUT2D eigenvalue weighted by molar-refractivity contribution is 5.68. The summed E-state index contributed by atoms with van der Waals surface area (Å²) in [6.07, 6.45) is -8.70. The van der Waals surface area contributed by atoms with Crippen LogP contribution in [0.15, 0.2) is 60.8 Å². The van der Waals surface area contributed by atoms with Crippen LogP contribution in [-0.4, -0.2) is 9.78 Å². The van der Waals surface area contributed by atoms with Gasteiger partial charge in [0.2, 0.25) is 0 Å². The number of aromatic nitrogens is 2. The van der Waals surface area contributed by atoms with Gasteiger partial charge in [0, 0.05) is 18.0 Å². The van der Waals surface area contributed by atoms with Crippen LogP contribution in [0.1, 0.15) is 17.0 Å². The molecule has 31 heavy (non-hydrogen) atoms. The molecule has 0 atom stereocenters. The van der Waals surface area contributed by atoms with Crippen LogP contribution in [0, 0.1) is 0 Å². The number of rotatable bonds is 4. The lowest BCUT2D eigenvalue weighted by Gasteiger charge is -2.16. The van der Waals surface area contributed by atoms with Crippen molar-refractivity contribution < 1.29 is 26.3 Å². The molecule has 0 saturated carbocycles. The van der Waals surface area contributed by atoms with E-state index in [1.807, 2.05) is 0 Å². The number of hydrazine groups is 1. The van der Waals surface area contributed by atoms with E-state index in [0.29, 0.717) is 16.9 Å². The largest absolute Gasteiger partial charge is 0.435 e. The number of anilines is 2. The summed E-state index contributed by atoms with van der Waals surface area (Å²) in [6, 6.07) is 11.6. The third-order valence-corrected chi connectivity index (χ3v) is 4.18. The van der Waals surface area contributed by atoms with Crippen molar-refractivity contribution in [3.63, 3.8) is 0 Å². The lowest BCUT2D eigenvalue weighted by Crippen LogP contribution is -2.25. The van der Waals surface area contributed by atoms with E-state index in [1.54, 1.807) is 24.3 Å². The van der Waals surface area contributed by atoms with Crippen LogP contribution in [0.4, 0.5) is 37.7 Å². The number of nitrogen functional groups attached to an aromatic ring is 1. The summed E-state index contributed by atoms with van der Waals surface area (Å²) in [5, 5.41) is 4.27. The first kappa shape index (κ1) is 22.0. The smallest absolute Gasteiger partial charge is 0.399 e. The summed E-state index contributed by atoms with van der Waals surface area (Å²) in [4.78, 5) is 0. The zero-order valence-corrected chi connectivity index (χ0v) is 15.6. The van der Waals surface area contributed by atoms with E-state index in [-0.39, 0.29) is 22.1 Å². The molecule has 0 aliphatic carbocycles. The molecule has 6 nitrogen and oxygen atoms in total. The summed E-state index contributed by atoms with van der Waals surface area (Å²) >= 11 is 0. The Bertz CT molecular complexity index is 1100. The molecule has 2 aromatic carbocycles. The minimum Gasteiger partial charge on any atom is -0.399 e. The van der Waals surface area contributed by atoms with E-state index in [2.05, 4.69) is 5.10 Å². The van der Waals surface area contributed by atoms with E-state index >= 15 is 0 Å². The van der Waals surface area contributed by atoms with Crippen molar-refractivity contribution in [2.45, 2.75) is 12.4 Å². The number of benzene rings is 2. The quantitative estimate of drug-likeness (QED) is 0.244. The highest BCUT2D eigenvalue weighted by atomic mass is 19.4. The second kappa shape index (κ2) is 7.87. The molecule has 3 rings (SSSR count). The Hall–Kier alpha value is -3.67. The van der Waals surface area contributed by atoms with E-state index in [1.165, 1.54) is 35.5 Å². The van der Waals surface area contributed by atoms with Gasteiger partial charge < -0.3 is 11.5 Å². The average Bonchev–Trinajstić information content (AvgIpc) is 3.14. The maximum absolute atomic E-state index is 13.2. The molecular formula is C19H16F6N6. The molecule has 0 radical (unpaired) electrons. The molecule has 3 aromatic rings. The zero-order chi connectivity index (χ0) is 23.0. The minimum atomic E-state index is -5.04. The highest BCUT2D eigenvalue weighted by Gasteiger charge is 2.42. The molecule has 6 N–H and O–H groups in total. The van der Waals surface area contributed by atoms with E-state index < -0.39 is 23.7 Å². The van der Waals surface area contributed by atoms with Crippen molar-refractivity contribution >= 4 is 17.1 Å². The third kappa shape index (κ3) is 4.91. The van der Waals surface area contributed by atoms with Crippen LogP contribution in [-0.2, 0) is 12.4 Å². The second-order valence-electron chi connectivity index (χ2n) is 6.46. The maximum Gasteiger partial charge on any atom is 0.435 e. The monoisotopic (exact) mass is 442 g/mol. The fourth-order valence-corrected chi connectivity index (χ4v) is 2.70. The minimum absolute atomic E-state index is 0.0416. The first-order valence-corrected chi connectivity index (χ1v) is 8.58. The van der Waals surface area contributed by atoms with Gasteiger partial charge in [-0.3, -0.25) is 5.01 Å². The lowest BCUT2D eigenvalue weighted by molar-refractivity contribution is -0.143. The molecule has 0 spiro atoms. The van der Waals surface area contributed by atoms with Crippen LogP contribution < -0.4 is 22.3 Å². The molecule has 0 aliphatic heterocycles. The zero-order valence-electron chi connectivity index (χ0n) is 15.6. The van der Waals surface area contributed by atoms with Gasteiger partial charge in [0.25, 0.3) is 0 Å². The van der Waals surface area contributed by atoms with Crippen LogP contribution in [0.2, 0.25) is 0 Å². The molecule has 12 heteroatoms. The van der Waals surface area contributed by atoms with E-state index in [9.17, 15) is 26.3 Å². The number of hydrogen-bond donors (Lipinski definition) is 3. The van der Waals surface area contributed by atoms with Gasteiger partial charge in [-0.05, 0) is 35.9 Å². The maximum atomic E-state index is 13.2. The van der Waals surface area contributed by atoms with E-state index in [4.69, 9.17) is 17.3 Å². The first-order chi connectivity index (χ1) is 14.4. The highest BCUT2D eigenvalue weighted by Crippen LogP contribution is 2.36. The summed E-state index contributed by atoms with van der Waals surface area (Å²) in [6.45, 7) is 0. The fraction of sp³-hybridized carbons (Fsp3) is 0.105. The van der Waals surface area contributed by atoms with Gasteiger partial charge in [0.15, 0.2) is 5.69 Å². The molecule has 164 valence electrons. The Labute approximate surface area is 172 Å². The van der Waals surface area contributed by atoms with Gasteiger partial charge in [0.1, 0.15) is 5.69 Å². The summed E-state index contributed by atoms with van der Waals surface area (Å²) in [7, 11) is 0. The molecule has 0 amide bonds. The number of alkyl halides is 6. The van der Waals surface area contributed by atoms with Crippen molar-refractivity contribution in [3.8, 4) is 5.69 Å². The molecular weight excluding hydrogens is 426 g/mol. The van der Waals surface area contributed by atoms with Gasteiger partial charge in [-0.1, -0.05) is 18.2 Å². The second-order valence-corrected chi connectivity index (χ2v) is 6.46. The van der Waals surface area contributed by atoms with Crippen LogP contribution >= 0.6 is 0 Å². The molecule has 0 fully saturated rings. The van der Waals surface area contributed by atoms with Crippen LogP contribution in [0.5, 0.6) is 0 Å². The van der Waals surface area contributed by atoms with Crippen molar-refractivity contribution in [3.05, 3.63) is 77.7 Å². The van der Waals surface area contributed by atoms with Crippen molar-refractivity contribution in [2.75, 3.05) is 10.7 Å². The summed E-state index contributed by atoms with van der Waals surface area (Å²) in [5.74, 6) is 5.91. The Kier molecular flexibility index (Phi) is 5.59. The fourth-order valence-electron chi connectivity index (χ4n) is 2.70. The van der Waals surface area contributed by atoms with Crippen LogP contribution in [0.25, 0.3) is 11.4 Å². The SMILES string of the molecule is N/C(=C\N(N)c1cccc(N)c1)c1ccc(-n2nc(C(F)(F)F)cc2C(F)(F)F)cc1. The molecule has 0 bridgehead atoms. The lowest BCUT2D eigenvalue weighted by atomic mass is 10.1. The number of nitrogens with two attached hydrogens (primary N) is 3. The predicted octanol–water partition coefficient (Wildman–Crippen LogP) is 4.13. The molecule has 1 aromatic heterocycles. The predicted molar refractivity (Wildman–Crippen MR) is 103 cm³/mol. The van der Waals surface area contributed by atoms with Crippen molar-refractivity contribution in [1.29, 1.82) is 0 Å². The standard InChI is InChI=1S/C19H16F6N6/c20-18(21,22)16-9-17(19(23,24)25)31(29-16)13-6-4-11(5-7-13)15(27)10-30(28)14-3-1-2-12(26)8-14/h1-10H,26-28H2/b15-10-. The van der Waals surface area contributed by atoms with Gasteiger partial charge in [-0.2, -0.15) is 31.4 Å². The Morgan fingerprint density at radius 1 is 0.935 bits per heavy atom. The number of nitrogens with zero attached hydrogens (tertiary/aromatic N) is 3. The van der Waals surface area contributed by atoms with Gasteiger partial charge >= 0.3 is 12.4 Å². The van der Waals surface area contributed by atoms with Crippen molar-refractivity contribution in [2.24, 2.45) is 11.6 Å². The van der Waals surface area contributed by atoms with Gasteiger partial charge in [0.05, 0.1) is 17.1 Å². The van der Waals surface area contributed by atoms with Gasteiger partial charge in [-0.25, -0.2) is 10.5 Å². The van der Waals surface area contributed by atoms with E-state index in [0.717, 1.165) is 0 Å². The number of halogens is 6. The normalized spacial score (nSPS) is 12.8. The third-order valence-electron chi connectivity index (χ3n) is 4.18. The molecule has 0 saturated heterocycles. The number of hydrogen-bond acceptors (Lipinski definition) is 5. The molecule has 0 aliphatic rings. The molecule has 0 unspecified atom stereocenters. The Balaban J connectivity index is 1.92. The van der Waals surface area contributed by atoms with Gasteiger partial charge in [-0.15, -0.1) is 0 Å². The summed E-state index contributed by atoms with van der Waals surface area (Å²) in [5.41, 5.74) is 9.78. The topological polar surface area (TPSA) is 99.1 Å². The molecule has 1 heterocycles. The van der Waals surface area contributed by atoms with Crippen molar-refractivity contribution in [1.82, 2.24) is 9.78 Å². The average molecular weight is 442 g/mol. The summed E-state index contributed by atoms with van der Waals surface area (Å²) < 4.78 is 78.3.